The number of aliphatic carboxylic acids is 1. The Bertz CT molecular complexity index is 534. The minimum Gasteiger partial charge on any atom is -0.479 e. The van der Waals surface area contributed by atoms with Crippen molar-refractivity contribution in [2.24, 2.45) is 5.73 Å². The van der Waals surface area contributed by atoms with Crippen molar-refractivity contribution < 1.29 is 33.8 Å². The van der Waals surface area contributed by atoms with Crippen molar-refractivity contribution in [2.45, 2.75) is 43.4 Å². The predicted octanol–water partition coefficient (Wildman–Crippen LogP) is -0.664. The van der Waals surface area contributed by atoms with Gasteiger partial charge in [-0.1, -0.05) is 0 Å². The molecule has 0 aromatic carbocycles. The van der Waals surface area contributed by atoms with Crippen LogP contribution in [0, 0.1) is 0 Å². The quantitative estimate of drug-likeness (QED) is 0.413. The van der Waals surface area contributed by atoms with Crippen molar-refractivity contribution in [1.29, 1.82) is 0 Å². The Hall–Kier alpha value is -1.45. The zero-order valence-corrected chi connectivity index (χ0v) is 12.4. The summed E-state index contributed by atoms with van der Waals surface area (Å²) in [6.45, 7) is 0. The fraction of sp³-hybridized carbons (Fsp3) is 0.636. The van der Waals surface area contributed by atoms with Gasteiger partial charge in [0, 0.05) is 12.2 Å². The molecular weight excluding hydrogens is 317 g/mol. The van der Waals surface area contributed by atoms with Gasteiger partial charge in [0.05, 0.1) is 12.3 Å². The lowest BCUT2D eigenvalue weighted by molar-refractivity contribution is -0.148. The first-order valence-corrected chi connectivity index (χ1v) is 8.33. The summed E-state index contributed by atoms with van der Waals surface area (Å²) in [4.78, 5) is 42.1. The van der Waals surface area contributed by atoms with Crippen LogP contribution < -0.4 is 11.1 Å². The molecular formula is C11H18N3O7P. The van der Waals surface area contributed by atoms with Crippen LogP contribution in [-0.2, 0) is 14.1 Å². The number of carboxylic acids is 1. The number of carbonyl (C=O) groups excluding carboxylic acids is 1. The summed E-state index contributed by atoms with van der Waals surface area (Å²) in [5.41, 5.74) is 5.54. The van der Waals surface area contributed by atoms with E-state index in [9.17, 15) is 14.2 Å². The van der Waals surface area contributed by atoms with Crippen LogP contribution in [-0.4, -0.2) is 56.0 Å². The van der Waals surface area contributed by atoms with Gasteiger partial charge in [-0.05, 0) is 25.3 Å². The average Bonchev–Trinajstić information content (AvgIpc) is 2.82. The van der Waals surface area contributed by atoms with E-state index in [1.165, 1.54) is 4.90 Å². The van der Waals surface area contributed by atoms with E-state index < -0.39 is 31.7 Å². The van der Waals surface area contributed by atoms with E-state index in [2.05, 4.69) is 5.32 Å². The Morgan fingerprint density at radius 3 is 2.73 bits per heavy atom. The zero-order valence-electron chi connectivity index (χ0n) is 11.5. The second kappa shape index (κ2) is 6.35. The van der Waals surface area contributed by atoms with Gasteiger partial charge in [0.15, 0.2) is 0 Å². The summed E-state index contributed by atoms with van der Waals surface area (Å²) in [5.74, 6) is -3.89. The van der Waals surface area contributed by atoms with Gasteiger partial charge in [0.25, 0.3) is 5.85 Å². The van der Waals surface area contributed by atoms with Crippen LogP contribution in [0.25, 0.3) is 0 Å². The highest BCUT2D eigenvalue weighted by Crippen LogP contribution is 2.44. The topological polar surface area (TPSA) is 162 Å². The molecule has 2 rings (SSSR count). The summed E-state index contributed by atoms with van der Waals surface area (Å²) in [6, 6.07) is -0.606. The molecule has 2 amide bonds. The maximum absolute atomic E-state index is 11.8. The number of nitrogens with one attached hydrogen (secondary N) is 1. The highest BCUT2D eigenvalue weighted by molar-refractivity contribution is 7.53. The lowest BCUT2D eigenvalue weighted by Gasteiger charge is -2.30. The maximum atomic E-state index is 11.8. The van der Waals surface area contributed by atoms with E-state index in [4.69, 9.17) is 25.4 Å². The minimum absolute atomic E-state index is 0.236. The van der Waals surface area contributed by atoms with Crippen molar-refractivity contribution in [1.82, 2.24) is 10.2 Å². The molecule has 0 bridgehead atoms. The van der Waals surface area contributed by atoms with Gasteiger partial charge in [-0.2, -0.15) is 0 Å². The standard InChI is InChI=1S/C11H18N3O7P/c12-8-3-4-14(11(17)13-8)6-1-2-7(5-6)21-10(9(15)16)22(18,19)20/h3-4,6-8,10H,1-2,5,12H2,(H,13,17)(H,15,16)(H2,18,19,20)/t6-,7+,8?,10?/m1/s1. The van der Waals surface area contributed by atoms with Gasteiger partial charge in [-0.3, -0.25) is 9.46 Å². The predicted molar refractivity (Wildman–Crippen MR) is 73.5 cm³/mol. The van der Waals surface area contributed by atoms with Crippen molar-refractivity contribution in [3.8, 4) is 0 Å². The third-order valence-electron chi connectivity index (χ3n) is 3.57. The molecule has 0 aromatic rings. The summed E-state index contributed by atoms with van der Waals surface area (Å²) in [5, 5.41) is 11.4. The first-order chi connectivity index (χ1) is 10.2. The fourth-order valence-corrected chi connectivity index (χ4v) is 3.18. The Labute approximate surface area is 126 Å². The molecule has 1 aliphatic carbocycles. The van der Waals surface area contributed by atoms with Crippen LogP contribution >= 0.6 is 7.60 Å². The molecule has 1 fully saturated rings. The number of hydrogen-bond acceptors (Lipinski definition) is 5. The van der Waals surface area contributed by atoms with E-state index in [1.807, 2.05) is 0 Å². The summed E-state index contributed by atoms with van der Waals surface area (Å²) >= 11 is 0. The minimum atomic E-state index is -4.90. The Kier molecular flexibility index (Phi) is 4.88. The number of urea groups is 1. The molecule has 1 heterocycles. The number of amides is 2. The molecule has 0 spiro atoms. The molecule has 0 aromatic heterocycles. The molecule has 11 heteroatoms. The van der Waals surface area contributed by atoms with Crippen molar-refractivity contribution in [2.75, 3.05) is 0 Å². The highest BCUT2D eigenvalue weighted by atomic mass is 31.2. The van der Waals surface area contributed by atoms with E-state index in [1.54, 1.807) is 12.3 Å². The first kappa shape index (κ1) is 16.9. The lowest BCUT2D eigenvalue weighted by Crippen LogP contribution is -2.52. The monoisotopic (exact) mass is 335 g/mol. The second-order valence-electron chi connectivity index (χ2n) is 5.23. The normalized spacial score (nSPS) is 30.2. The van der Waals surface area contributed by atoms with Gasteiger partial charge < -0.3 is 30.7 Å². The number of rotatable bonds is 5. The number of nitrogens with two attached hydrogens (primary N) is 1. The highest BCUT2D eigenvalue weighted by Gasteiger charge is 2.42. The first-order valence-electron chi connectivity index (χ1n) is 6.64. The molecule has 2 aliphatic rings. The molecule has 1 saturated carbocycles. The van der Waals surface area contributed by atoms with Gasteiger partial charge in [0.2, 0.25) is 0 Å². The zero-order chi connectivity index (χ0) is 16.5. The van der Waals surface area contributed by atoms with E-state index in [0.29, 0.717) is 12.8 Å². The van der Waals surface area contributed by atoms with Gasteiger partial charge in [-0.15, -0.1) is 0 Å². The third-order valence-corrected chi connectivity index (χ3v) is 4.52. The van der Waals surface area contributed by atoms with Crippen LogP contribution in [0.3, 0.4) is 0 Å². The van der Waals surface area contributed by atoms with Gasteiger partial charge in [0.1, 0.15) is 0 Å². The molecule has 10 nitrogen and oxygen atoms in total. The number of hydrogen-bond donors (Lipinski definition) is 5. The van der Waals surface area contributed by atoms with E-state index in [0.717, 1.165) is 0 Å². The smallest absolute Gasteiger partial charge is 0.365 e. The summed E-state index contributed by atoms with van der Waals surface area (Å²) in [6.07, 6.45) is 3.18. The maximum Gasteiger partial charge on any atom is 0.365 e. The van der Waals surface area contributed by atoms with E-state index in [-0.39, 0.29) is 18.5 Å². The number of carboxylic acid groups (broad SMARTS) is 1. The summed E-state index contributed by atoms with van der Waals surface area (Å²) < 4.78 is 16.2. The number of ether oxygens (including phenoxy) is 1. The molecule has 0 radical (unpaired) electrons. The largest absolute Gasteiger partial charge is 0.479 e. The van der Waals surface area contributed by atoms with Crippen molar-refractivity contribution in [3.63, 3.8) is 0 Å². The number of carbonyl (C=O) groups is 2. The molecule has 2 unspecified atom stereocenters. The van der Waals surface area contributed by atoms with Crippen molar-refractivity contribution >= 4 is 19.6 Å². The Balaban J connectivity index is 1.98. The van der Waals surface area contributed by atoms with Crippen LogP contribution in [0.15, 0.2) is 12.3 Å². The SMILES string of the molecule is NC1C=CN([C@@H]2CC[C@H](OC(C(=O)O)P(=O)(O)O)C2)C(=O)N1. The molecule has 124 valence electrons. The lowest BCUT2D eigenvalue weighted by atomic mass is 10.2. The van der Waals surface area contributed by atoms with Crippen LogP contribution in [0.2, 0.25) is 0 Å². The van der Waals surface area contributed by atoms with Crippen LogP contribution in [0.1, 0.15) is 19.3 Å². The van der Waals surface area contributed by atoms with E-state index >= 15 is 0 Å². The molecule has 4 atom stereocenters. The Morgan fingerprint density at radius 1 is 1.50 bits per heavy atom. The van der Waals surface area contributed by atoms with Crippen LogP contribution in [0.4, 0.5) is 4.79 Å². The Morgan fingerprint density at radius 2 is 2.18 bits per heavy atom. The number of nitrogens with zero attached hydrogens (tertiary/aromatic N) is 1. The third kappa shape index (κ3) is 3.84. The van der Waals surface area contributed by atoms with Gasteiger partial charge in [-0.25, -0.2) is 9.59 Å². The molecule has 0 saturated heterocycles. The molecule has 1 aliphatic heterocycles. The fourth-order valence-electron chi connectivity index (χ4n) is 2.56. The van der Waals surface area contributed by atoms with Crippen molar-refractivity contribution in [3.05, 3.63) is 12.3 Å². The average molecular weight is 335 g/mol. The molecule has 6 N–H and O–H groups in total. The molecule has 22 heavy (non-hydrogen) atoms. The second-order valence-corrected chi connectivity index (χ2v) is 6.88. The van der Waals surface area contributed by atoms with Gasteiger partial charge >= 0.3 is 19.6 Å². The van der Waals surface area contributed by atoms with Crippen LogP contribution in [0.5, 0.6) is 0 Å². The summed E-state index contributed by atoms with van der Waals surface area (Å²) in [7, 11) is -4.90.